The molecule has 0 unspecified atom stereocenters. The summed E-state index contributed by atoms with van der Waals surface area (Å²) in [7, 11) is 0. The molecule has 22 heavy (non-hydrogen) atoms. The average molecular weight is 318 g/mol. The molecule has 3 atom stereocenters. The van der Waals surface area contributed by atoms with E-state index in [0.717, 1.165) is 11.0 Å². The molecule has 7 nitrogen and oxygen atoms in total. The standard InChI is InChI=1S/C14H14N4O3S/c1-14(7-17-9-5-3-2-4-8(9)15-16-17)12(13(20)21)18-10(19)6-11(18)22-14/h2-5,11-12H,6-7H2,1H3,(H,20,21)/t11-,12-,14-/m0/s1. The van der Waals surface area contributed by atoms with Crippen LogP contribution in [0.3, 0.4) is 0 Å². The molecule has 1 amide bonds. The molecule has 0 saturated carbocycles. The number of carboxylic acids is 1. The lowest BCUT2D eigenvalue weighted by molar-refractivity contribution is -0.157. The summed E-state index contributed by atoms with van der Waals surface area (Å²) in [5, 5.41) is 17.8. The molecule has 1 aromatic carbocycles. The Morgan fingerprint density at radius 2 is 2.27 bits per heavy atom. The third kappa shape index (κ3) is 1.76. The van der Waals surface area contributed by atoms with Crippen molar-refractivity contribution in [3.05, 3.63) is 24.3 Å². The largest absolute Gasteiger partial charge is 0.480 e. The Labute approximate surface area is 130 Å². The van der Waals surface area contributed by atoms with Crippen molar-refractivity contribution in [1.29, 1.82) is 0 Å². The number of carbonyl (C=O) groups excluding carboxylic acids is 1. The maximum absolute atomic E-state index is 11.7. The molecule has 114 valence electrons. The molecule has 1 N–H and O–H groups in total. The van der Waals surface area contributed by atoms with Crippen LogP contribution in [-0.4, -0.2) is 53.0 Å². The van der Waals surface area contributed by atoms with Crippen LogP contribution >= 0.6 is 11.8 Å². The van der Waals surface area contributed by atoms with E-state index in [2.05, 4.69) is 10.3 Å². The number of carbonyl (C=O) groups is 2. The minimum absolute atomic E-state index is 0.0339. The highest BCUT2D eigenvalue weighted by Crippen LogP contribution is 2.51. The van der Waals surface area contributed by atoms with Gasteiger partial charge in [0.25, 0.3) is 0 Å². The number of amides is 1. The molecule has 8 heteroatoms. The topological polar surface area (TPSA) is 88.3 Å². The van der Waals surface area contributed by atoms with E-state index in [0.29, 0.717) is 13.0 Å². The fourth-order valence-corrected chi connectivity index (χ4v) is 5.06. The number of β-lactam (4-membered cyclic amide) rings is 1. The van der Waals surface area contributed by atoms with Gasteiger partial charge in [-0.2, -0.15) is 0 Å². The summed E-state index contributed by atoms with van der Waals surface area (Å²) in [5.41, 5.74) is 1.65. The number of para-hydroxylation sites is 1. The maximum atomic E-state index is 11.7. The van der Waals surface area contributed by atoms with Crippen LogP contribution in [0.1, 0.15) is 13.3 Å². The van der Waals surface area contributed by atoms with Crippen molar-refractivity contribution in [3.8, 4) is 0 Å². The summed E-state index contributed by atoms with van der Waals surface area (Å²) in [5.74, 6) is -1.05. The van der Waals surface area contributed by atoms with Gasteiger partial charge in [0.2, 0.25) is 5.91 Å². The molecule has 0 aliphatic carbocycles. The van der Waals surface area contributed by atoms with Crippen LogP contribution in [0.2, 0.25) is 0 Å². The molecule has 0 radical (unpaired) electrons. The summed E-state index contributed by atoms with van der Waals surface area (Å²) in [6, 6.07) is 6.74. The van der Waals surface area contributed by atoms with Gasteiger partial charge >= 0.3 is 5.97 Å². The molecule has 2 aliphatic heterocycles. The SMILES string of the molecule is C[C@@]1(Cn2nnc3ccccc32)S[C@H]2CC(=O)N2[C@H]1C(=O)O. The van der Waals surface area contributed by atoms with E-state index in [1.807, 2.05) is 31.2 Å². The highest BCUT2D eigenvalue weighted by atomic mass is 32.2. The molecule has 3 heterocycles. The van der Waals surface area contributed by atoms with Gasteiger partial charge in [-0.25, -0.2) is 9.48 Å². The van der Waals surface area contributed by atoms with E-state index in [9.17, 15) is 14.7 Å². The number of fused-ring (bicyclic) bond motifs is 2. The Bertz CT molecular complexity index is 791. The van der Waals surface area contributed by atoms with E-state index < -0.39 is 16.8 Å². The Hall–Kier alpha value is -2.09. The molecule has 1 aromatic heterocycles. The first-order valence-electron chi connectivity index (χ1n) is 7.00. The Balaban J connectivity index is 1.71. The number of aromatic nitrogens is 3. The summed E-state index contributed by atoms with van der Waals surface area (Å²) in [6.45, 7) is 2.29. The first-order chi connectivity index (χ1) is 10.5. The minimum atomic E-state index is -0.963. The lowest BCUT2D eigenvalue weighted by atomic mass is 9.96. The predicted molar refractivity (Wildman–Crippen MR) is 80.2 cm³/mol. The second-order valence-electron chi connectivity index (χ2n) is 5.87. The first-order valence-corrected chi connectivity index (χ1v) is 7.87. The van der Waals surface area contributed by atoms with Crippen LogP contribution in [-0.2, 0) is 16.1 Å². The van der Waals surface area contributed by atoms with Crippen LogP contribution < -0.4 is 0 Å². The number of nitrogens with zero attached hydrogens (tertiary/aromatic N) is 4. The van der Waals surface area contributed by atoms with Crippen molar-refractivity contribution in [2.24, 2.45) is 0 Å². The van der Waals surface area contributed by atoms with Crippen molar-refractivity contribution in [2.75, 3.05) is 0 Å². The van der Waals surface area contributed by atoms with Crippen LogP contribution in [0.15, 0.2) is 24.3 Å². The summed E-state index contributed by atoms with van der Waals surface area (Å²) < 4.78 is 1.10. The third-order valence-electron chi connectivity index (χ3n) is 4.33. The molecule has 4 rings (SSSR count). The number of carboxylic acid groups (broad SMARTS) is 1. The average Bonchev–Trinajstić information content (AvgIpc) is 2.96. The summed E-state index contributed by atoms with van der Waals surface area (Å²) >= 11 is 1.55. The van der Waals surface area contributed by atoms with Gasteiger partial charge < -0.3 is 10.0 Å². The number of rotatable bonds is 3. The van der Waals surface area contributed by atoms with Gasteiger partial charge in [0.1, 0.15) is 11.6 Å². The van der Waals surface area contributed by atoms with Crippen molar-refractivity contribution in [1.82, 2.24) is 19.9 Å². The number of aliphatic carboxylic acids is 1. The normalized spacial score (nSPS) is 30.4. The van der Waals surface area contributed by atoms with Crippen molar-refractivity contribution in [3.63, 3.8) is 0 Å². The summed E-state index contributed by atoms with van der Waals surface area (Å²) in [6.07, 6.45) is 0.419. The number of hydrogen-bond donors (Lipinski definition) is 1. The summed E-state index contributed by atoms with van der Waals surface area (Å²) in [4.78, 5) is 24.9. The molecule has 2 saturated heterocycles. The Kier molecular flexibility index (Phi) is 2.75. The lowest BCUT2D eigenvalue weighted by Gasteiger charge is -2.36. The second kappa shape index (κ2) is 4.45. The van der Waals surface area contributed by atoms with E-state index in [4.69, 9.17) is 0 Å². The van der Waals surface area contributed by atoms with Gasteiger partial charge in [-0.3, -0.25) is 4.79 Å². The van der Waals surface area contributed by atoms with E-state index in [1.54, 1.807) is 16.4 Å². The Morgan fingerprint density at radius 3 is 3.00 bits per heavy atom. The second-order valence-corrected chi connectivity index (χ2v) is 7.58. The molecule has 2 fully saturated rings. The number of benzene rings is 1. The van der Waals surface area contributed by atoms with Crippen molar-refractivity contribution < 1.29 is 14.7 Å². The molecule has 0 spiro atoms. The predicted octanol–water partition coefficient (Wildman–Crippen LogP) is 0.948. The maximum Gasteiger partial charge on any atom is 0.327 e. The van der Waals surface area contributed by atoms with Gasteiger partial charge in [0.05, 0.1) is 28.6 Å². The van der Waals surface area contributed by atoms with Gasteiger partial charge in [0.15, 0.2) is 0 Å². The van der Waals surface area contributed by atoms with Crippen LogP contribution in [0.5, 0.6) is 0 Å². The fourth-order valence-electron chi connectivity index (χ4n) is 3.31. The molecule has 0 bridgehead atoms. The third-order valence-corrected chi connectivity index (χ3v) is 5.88. The molecular weight excluding hydrogens is 304 g/mol. The van der Waals surface area contributed by atoms with Crippen LogP contribution in [0.25, 0.3) is 11.0 Å². The van der Waals surface area contributed by atoms with E-state index in [1.165, 1.54) is 4.90 Å². The quantitative estimate of drug-likeness (QED) is 0.848. The smallest absolute Gasteiger partial charge is 0.327 e. The van der Waals surface area contributed by atoms with Gasteiger partial charge in [0, 0.05) is 0 Å². The Morgan fingerprint density at radius 1 is 1.50 bits per heavy atom. The van der Waals surface area contributed by atoms with Crippen LogP contribution in [0, 0.1) is 0 Å². The van der Waals surface area contributed by atoms with Gasteiger partial charge in [-0.05, 0) is 19.1 Å². The molecular formula is C14H14N4O3S. The van der Waals surface area contributed by atoms with Crippen LogP contribution in [0.4, 0.5) is 0 Å². The van der Waals surface area contributed by atoms with E-state index in [-0.39, 0.29) is 11.3 Å². The lowest BCUT2D eigenvalue weighted by Crippen LogP contribution is -2.58. The highest BCUT2D eigenvalue weighted by molar-refractivity contribution is 8.01. The zero-order valence-electron chi connectivity index (χ0n) is 11.8. The fraction of sp³-hybridized carbons (Fsp3) is 0.429. The number of hydrogen-bond acceptors (Lipinski definition) is 5. The minimum Gasteiger partial charge on any atom is -0.480 e. The number of thioether (sulfide) groups is 1. The monoisotopic (exact) mass is 318 g/mol. The first kappa shape index (κ1) is 13.6. The molecule has 2 aliphatic rings. The highest BCUT2D eigenvalue weighted by Gasteiger charge is 2.60. The van der Waals surface area contributed by atoms with Gasteiger partial charge in [-0.15, -0.1) is 16.9 Å². The zero-order valence-corrected chi connectivity index (χ0v) is 12.7. The van der Waals surface area contributed by atoms with Gasteiger partial charge in [-0.1, -0.05) is 17.3 Å². The zero-order chi connectivity index (χ0) is 15.5. The van der Waals surface area contributed by atoms with Crippen molar-refractivity contribution >= 4 is 34.7 Å². The van der Waals surface area contributed by atoms with Crippen molar-refractivity contribution in [2.45, 2.75) is 36.1 Å². The molecule has 2 aromatic rings. The van der Waals surface area contributed by atoms with E-state index >= 15 is 0 Å².